The van der Waals surface area contributed by atoms with E-state index in [0.717, 1.165) is 26.3 Å². The molecule has 2 N–H and O–H groups in total. The van der Waals surface area contributed by atoms with Crippen LogP contribution in [0, 0.1) is 11.8 Å². The molecule has 1 aliphatic heterocycles. The van der Waals surface area contributed by atoms with Gasteiger partial charge < -0.3 is 15.2 Å². The normalized spacial score (nSPS) is 24.6. The highest BCUT2D eigenvalue weighted by atomic mass is 16.5. The molecule has 2 unspecified atom stereocenters. The van der Waals surface area contributed by atoms with Crippen molar-refractivity contribution in [2.45, 2.75) is 25.9 Å². The van der Waals surface area contributed by atoms with Crippen molar-refractivity contribution in [3.8, 4) is 0 Å². The number of β-amino-alcohol motifs (C(OH)–C–C–N with tert-alkyl or cyclic N) is 1. The second kappa shape index (κ2) is 6.50. The molecule has 0 aromatic heterocycles. The summed E-state index contributed by atoms with van der Waals surface area (Å²) in [6.45, 7) is 6.14. The van der Waals surface area contributed by atoms with Gasteiger partial charge in [0.05, 0.1) is 19.3 Å². The fourth-order valence-electron chi connectivity index (χ4n) is 2.34. The van der Waals surface area contributed by atoms with Gasteiger partial charge in [-0.05, 0) is 18.8 Å². The summed E-state index contributed by atoms with van der Waals surface area (Å²) in [6, 6.07) is 0. The molecule has 1 amide bonds. The fraction of sp³-hybridized carbons (Fsp3) is 0.923. The lowest BCUT2D eigenvalue weighted by atomic mass is 10.1. The Kier molecular flexibility index (Phi) is 4.97. The zero-order chi connectivity index (χ0) is 13.0. The maximum absolute atomic E-state index is 11.8. The number of amides is 1. The van der Waals surface area contributed by atoms with E-state index in [4.69, 9.17) is 4.74 Å². The minimum Gasteiger partial charge on any atom is -0.390 e. The van der Waals surface area contributed by atoms with Crippen LogP contribution in [0.4, 0.5) is 0 Å². The minimum absolute atomic E-state index is 0.0820. The summed E-state index contributed by atoms with van der Waals surface area (Å²) in [4.78, 5) is 13.9. The van der Waals surface area contributed by atoms with Gasteiger partial charge >= 0.3 is 0 Å². The average Bonchev–Trinajstić information content (AvgIpc) is 3.20. The van der Waals surface area contributed by atoms with Gasteiger partial charge in [-0.25, -0.2) is 0 Å². The van der Waals surface area contributed by atoms with Crippen LogP contribution in [0.2, 0.25) is 0 Å². The molecule has 0 bridgehead atoms. The summed E-state index contributed by atoms with van der Waals surface area (Å²) in [6.07, 6.45) is 1.86. The van der Waals surface area contributed by atoms with Crippen LogP contribution >= 0.6 is 0 Å². The zero-order valence-electron chi connectivity index (χ0n) is 11.1. The van der Waals surface area contributed by atoms with E-state index in [1.807, 2.05) is 6.92 Å². The first-order valence-corrected chi connectivity index (χ1v) is 6.92. The van der Waals surface area contributed by atoms with Crippen molar-refractivity contribution in [2.75, 3.05) is 39.4 Å². The first-order valence-electron chi connectivity index (χ1n) is 6.92. The molecule has 1 aliphatic carbocycles. The Hall–Kier alpha value is -0.650. The maximum Gasteiger partial charge on any atom is 0.223 e. The average molecular weight is 256 g/mol. The Morgan fingerprint density at radius 3 is 2.72 bits per heavy atom. The molecule has 5 heteroatoms. The van der Waals surface area contributed by atoms with E-state index in [-0.39, 0.29) is 11.8 Å². The van der Waals surface area contributed by atoms with Gasteiger partial charge in [-0.15, -0.1) is 0 Å². The third-order valence-corrected chi connectivity index (χ3v) is 3.83. The molecule has 0 radical (unpaired) electrons. The highest BCUT2D eigenvalue weighted by Gasteiger charge is 2.32. The van der Waals surface area contributed by atoms with Gasteiger partial charge in [-0.1, -0.05) is 6.92 Å². The Morgan fingerprint density at radius 1 is 1.44 bits per heavy atom. The van der Waals surface area contributed by atoms with Crippen molar-refractivity contribution in [3.05, 3.63) is 0 Å². The van der Waals surface area contributed by atoms with Crippen molar-refractivity contribution in [3.63, 3.8) is 0 Å². The Bertz CT molecular complexity index is 275. The first kappa shape index (κ1) is 13.8. The number of hydrogen-bond donors (Lipinski definition) is 2. The summed E-state index contributed by atoms with van der Waals surface area (Å²) in [5, 5.41) is 12.7. The van der Waals surface area contributed by atoms with E-state index in [1.54, 1.807) is 0 Å². The van der Waals surface area contributed by atoms with Crippen LogP contribution in [0.1, 0.15) is 19.8 Å². The van der Waals surface area contributed by atoms with E-state index < -0.39 is 6.10 Å². The van der Waals surface area contributed by atoms with Crippen molar-refractivity contribution < 1.29 is 14.6 Å². The third-order valence-electron chi connectivity index (χ3n) is 3.83. The lowest BCUT2D eigenvalue weighted by Gasteiger charge is -2.28. The van der Waals surface area contributed by atoms with Gasteiger partial charge in [0.2, 0.25) is 5.91 Å². The number of nitrogens with zero attached hydrogens (tertiary/aromatic N) is 1. The SMILES string of the molecule is CC(C(=O)NCC(O)CN1CCOCC1)C1CC1. The fourth-order valence-corrected chi connectivity index (χ4v) is 2.34. The number of nitrogens with one attached hydrogen (secondary N) is 1. The number of carbonyl (C=O) groups excluding carboxylic acids is 1. The van der Waals surface area contributed by atoms with Crippen molar-refractivity contribution >= 4 is 5.91 Å². The van der Waals surface area contributed by atoms with Gasteiger partial charge in [-0.2, -0.15) is 0 Å². The monoisotopic (exact) mass is 256 g/mol. The molecule has 0 spiro atoms. The standard InChI is InChI=1S/C13H24N2O3/c1-10(11-2-3-11)13(17)14-8-12(16)9-15-4-6-18-7-5-15/h10-12,16H,2-9H2,1H3,(H,14,17). The van der Waals surface area contributed by atoms with Crippen molar-refractivity contribution in [1.29, 1.82) is 0 Å². The van der Waals surface area contributed by atoms with Crippen LogP contribution in [-0.2, 0) is 9.53 Å². The first-order chi connectivity index (χ1) is 8.66. The number of rotatable bonds is 6. The zero-order valence-corrected chi connectivity index (χ0v) is 11.1. The van der Waals surface area contributed by atoms with Crippen molar-refractivity contribution in [1.82, 2.24) is 10.2 Å². The summed E-state index contributed by atoms with van der Waals surface area (Å²) >= 11 is 0. The molecule has 2 rings (SSSR count). The second-order valence-electron chi connectivity index (χ2n) is 5.44. The number of hydrogen-bond acceptors (Lipinski definition) is 4. The Labute approximate surface area is 108 Å². The molecule has 0 aromatic carbocycles. The molecule has 2 atom stereocenters. The molecule has 5 nitrogen and oxygen atoms in total. The topological polar surface area (TPSA) is 61.8 Å². The van der Waals surface area contributed by atoms with E-state index in [9.17, 15) is 9.90 Å². The predicted octanol–water partition coefficient (Wildman–Crippen LogP) is -0.158. The molecule has 1 saturated heterocycles. The molecule has 104 valence electrons. The third kappa shape index (κ3) is 4.23. The van der Waals surface area contributed by atoms with E-state index in [0.29, 0.717) is 19.0 Å². The van der Waals surface area contributed by atoms with Gasteiger partial charge in [0.15, 0.2) is 0 Å². The quantitative estimate of drug-likeness (QED) is 0.693. The lowest BCUT2D eigenvalue weighted by Crippen LogP contribution is -2.45. The molecule has 0 aromatic rings. The summed E-state index contributed by atoms with van der Waals surface area (Å²) in [7, 11) is 0. The van der Waals surface area contributed by atoms with Crippen LogP contribution in [0.25, 0.3) is 0 Å². The van der Waals surface area contributed by atoms with E-state index >= 15 is 0 Å². The van der Waals surface area contributed by atoms with Gasteiger partial charge in [0.25, 0.3) is 0 Å². The number of aliphatic hydroxyl groups is 1. The van der Waals surface area contributed by atoms with Crippen molar-refractivity contribution in [2.24, 2.45) is 11.8 Å². The highest BCUT2D eigenvalue weighted by Crippen LogP contribution is 2.36. The van der Waals surface area contributed by atoms with Gasteiger partial charge in [0.1, 0.15) is 0 Å². The van der Waals surface area contributed by atoms with Crippen LogP contribution in [-0.4, -0.2) is 61.4 Å². The molecule has 2 aliphatic rings. The lowest BCUT2D eigenvalue weighted by molar-refractivity contribution is -0.125. The van der Waals surface area contributed by atoms with Gasteiger partial charge in [-0.3, -0.25) is 9.69 Å². The van der Waals surface area contributed by atoms with Crippen LogP contribution in [0.5, 0.6) is 0 Å². The van der Waals surface area contributed by atoms with Crippen LogP contribution < -0.4 is 5.32 Å². The number of morpholine rings is 1. The van der Waals surface area contributed by atoms with Crippen LogP contribution in [0.3, 0.4) is 0 Å². The number of ether oxygens (including phenoxy) is 1. The molecular formula is C13H24N2O3. The summed E-state index contributed by atoms with van der Waals surface area (Å²) in [5.41, 5.74) is 0. The molecule has 18 heavy (non-hydrogen) atoms. The van der Waals surface area contributed by atoms with E-state index in [2.05, 4.69) is 10.2 Å². The largest absolute Gasteiger partial charge is 0.390 e. The number of carbonyl (C=O) groups is 1. The molecule has 1 saturated carbocycles. The highest BCUT2D eigenvalue weighted by molar-refractivity contribution is 5.78. The summed E-state index contributed by atoms with van der Waals surface area (Å²) in [5.74, 6) is 0.750. The van der Waals surface area contributed by atoms with E-state index in [1.165, 1.54) is 12.8 Å². The predicted molar refractivity (Wildman–Crippen MR) is 68.2 cm³/mol. The number of aliphatic hydroxyl groups excluding tert-OH is 1. The van der Waals surface area contributed by atoms with Crippen LogP contribution in [0.15, 0.2) is 0 Å². The minimum atomic E-state index is -0.488. The summed E-state index contributed by atoms with van der Waals surface area (Å²) < 4.78 is 5.25. The Balaban J connectivity index is 1.61. The van der Waals surface area contributed by atoms with Gasteiger partial charge in [0, 0.05) is 32.1 Å². The maximum atomic E-state index is 11.8. The second-order valence-corrected chi connectivity index (χ2v) is 5.44. The smallest absolute Gasteiger partial charge is 0.223 e. The molecular weight excluding hydrogens is 232 g/mol. The molecule has 2 fully saturated rings. The Morgan fingerprint density at radius 2 is 2.11 bits per heavy atom. The molecule has 1 heterocycles.